The maximum Gasteiger partial charge on any atom is 0.122 e. The number of hydrogen-bond acceptors (Lipinski definition) is 3. The van der Waals surface area contributed by atoms with Gasteiger partial charge in [-0.3, -0.25) is 0 Å². The first-order chi connectivity index (χ1) is 8.16. The second-order valence-electron chi connectivity index (χ2n) is 4.43. The molecular weight excluding hydrogens is 218 g/mol. The summed E-state index contributed by atoms with van der Waals surface area (Å²) < 4.78 is 5.44. The summed E-state index contributed by atoms with van der Waals surface area (Å²) in [6.07, 6.45) is 2.45. The highest BCUT2D eigenvalue weighted by molar-refractivity contribution is 5.64. The molecule has 1 aliphatic heterocycles. The van der Waals surface area contributed by atoms with Gasteiger partial charge in [0.15, 0.2) is 0 Å². The molecule has 2 rings (SSSR count). The van der Waals surface area contributed by atoms with Crippen molar-refractivity contribution in [2.45, 2.75) is 31.7 Å². The summed E-state index contributed by atoms with van der Waals surface area (Å²) in [6.45, 7) is 0.755. The molecule has 4 nitrogen and oxygen atoms in total. The van der Waals surface area contributed by atoms with E-state index in [4.69, 9.17) is 4.74 Å². The standard InChI is InChI=1S/C13H17NO3/c14-11(2-1-3-13(15)16)9-4-5-12-10(8-9)6-7-17-12/h4-5,8,11H,1-3,6-7,14H2,(H,15,16)/t11-/m1/s1. The molecule has 0 bridgehead atoms. The lowest BCUT2D eigenvalue weighted by Gasteiger charge is -2.10. The molecule has 0 aliphatic carbocycles. The quantitative estimate of drug-likeness (QED) is 0.769. The number of benzene rings is 1. The fourth-order valence-electron chi connectivity index (χ4n) is 2.12. The molecule has 0 amide bonds. The van der Waals surface area contributed by atoms with E-state index in [-0.39, 0.29) is 12.5 Å². The lowest BCUT2D eigenvalue weighted by Crippen LogP contribution is -2.53. The van der Waals surface area contributed by atoms with E-state index in [0.717, 1.165) is 30.8 Å². The molecule has 1 heterocycles. The van der Waals surface area contributed by atoms with Crippen molar-refractivity contribution in [3.05, 3.63) is 29.3 Å². The molecule has 1 aromatic rings. The molecule has 1 atom stereocenters. The summed E-state index contributed by atoms with van der Waals surface area (Å²) in [5.41, 5.74) is 6.47. The van der Waals surface area contributed by atoms with Gasteiger partial charge in [-0.1, -0.05) is 0 Å². The van der Waals surface area contributed by atoms with Crippen LogP contribution in [0.4, 0.5) is 0 Å². The minimum Gasteiger partial charge on any atom is -0.550 e. The van der Waals surface area contributed by atoms with Crippen molar-refractivity contribution in [3.63, 3.8) is 0 Å². The van der Waals surface area contributed by atoms with Gasteiger partial charge in [0.2, 0.25) is 0 Å². The SMILES string of the molecule is [NH3+][C@H](CCCC(=O)[O-])c1ccc2c(c1)CCO2. The van der Waals surface area contributed by atoms with Gasteiger partial charge < -0.3 is 20.4 Å². The maximum absolute atomic E-state index is 10.3. The number of carbonyl (C=O) groups is 1. The van der Waals surface area contributed by atoms with Crippen LogP contribution in [0.2, 0.25) is 0 Å². The summed E-state index contributed by atoms with van der Waals surface area (Å²) in [5.74, 6) is -0.0183. The molecule has 92 valence electrons. The van der Waals surface area contributed by atoms with Gasteiger partial charge in [-0.25, -0.2) is 0 Å². The molecular formula is C13H17NO3. The highest BCUT2D eigenvalue weighted by Gasteiger charge is 2.16. The minimum atomic E-state index is -0.987. The topological polar surface area (TPSA) is 77.0 Å². The summed E-state index contributed by atoms with van der Waals surface area (Å²) in [4.78, 5) is 10.3. The Balaban J connectivity index is 1.95. The Kier molecular flexibility index (Phi) is 3.64. The Morgan fingerprint density at radius 1 is 1.53 bits per heavy atom. The van der Waals surface area contributed by atoms with Gasteiger partial charge in [0, 0.05) is 24.4 Å². The fourth-order valence-corrected chi connectivity index (χ4v) is 2.12. The third-order valence-corrected chi connectivity index (χ3v) is 3.12. The summed E-state index contributed by atoms with van der Waals surface area (Å²) in [6, 6.07) is 6.26. The number of carboxylic acid groups (broad SMARTS) is 1. The highest BCUT2D eigenvalue weighted by atomic mass is 16.5. The van der Waals surface area contributed by atoms with Gasteiger partial charge in [0.1, 0.15) is 11.8 Å². The first kappa shape index (κ1) is 11.9. The molecule has 1 aliphatic rings. The van der Waals surface area contributed by atoms with Gasteiger partial charge in [-0.15, -0.1) is 0 Å². The Morgan fingerprint density at radius 2 is 2.35 bits per heavy atom. The van der Waals surface area contributed by atoms with Crippen molar-refractivity contribution in [2.24, 2.45) is 0 Å². The molecule has 0 unspecified atom stereocenters. The second-order valence-corrected chi connectivity index (χ2v) is 4.43. The zero-order valence-electron chi connectivity index (χ0n) is 9.78. The lowest BCUT2D eigenvalue weighted by molar-refractivity contribution is -0.428. The molecule has 0 saturated heterocycles. The van der Waals surface area contributed by atoms with E-state index in [1.807, 2.05) is 12.1 Å². The molecule has 0 spiro atoms. The van der Waals surface area contributed by atoms with Crippen LogP contribution in [0.25, 0.3) is 0 Å². The van der Waals surface area contributed by atoms with Crippen molar-refractivity contribution in [3.8, 4) is 5.75 Å². The van der Waals surface area contributed by atoms with Crippen LogP contribution in [0, 0.1) is 0 Å². The molecule has 0 aromatic heterocycles. The van der Waals surface area contributed by atoms with Gasteiger partial charge in [-0.05, 0) is 36.6 Å². The van der Waals surface area contributed by atoms with Crippen molar-refractivity contribution in [1.82, 2.24) is 0 Å². The molecule has 3 N–H and O–H groups in total. The van der Waals surface area contributed by atoms with Crippen LogP contribution in [-0.4, -0.2) is 12.6 Å². The number of quaternary nitrogens is 1. The Bertz CT molecular complexity index is 417. The predicted molar refractivity (Wildman–Crippen MR) is 60.1 cm³/mol. The number of ether oxygens (including phenoxy) is 1. The van der Waals surface area contributed by atoms with Crippen LogP contribution < -0.4 is 15.6 Å². The Labute approximate surface area is 100 Å². The van der Waals surface area contributed by atoms with Crippen LogP contribution in [0.5, 0.6) is 5.75 Å². The van der Waals surface area contributed by atoms with E-state index in [2.05, 4.69) is 11.8 Å². The Hall–Kier alpha value is -1.55. The third-order valence-electron chi connectivity index (χ3n) is 3.12. The summed E-state index contributed by atoms with van der Waals surface area (Å²) in [5, 5.41) is 10.3. The smallest absolute Gasteiger partial charge is 0.122 e. The molecule has 0 radical (unpaired) electrons. The van der Waals surface area contributed by atoms with Crippen molar-refractivity contribution >= 4 is 5.97 Å². The number of rotatable bonds is 5. The van der Waals surface area contributed by atoms with Crippen LogP contribution in [0.3, 0.4) is 0 Å². The number of hydrogen-bond donors (Lipinski definition) is 1. The van der Waals surface area contributed by atoms with Crippen molar-refractivity contribution in [1.29, 1.82) is 0 Å². The van der Waals surface area contributed by atoms with Crippen molar-refractivity contribution < 1.29 is 20.4 Å². The average molecular weight is 235 g/mol. The number of aliphatic carboxylic acids is 1. The number of carboxylic acids is 1. The molecule has 17 heavy (non-hydrogen) atoms. The van der Waals surface area contributed by atoms with E-state index < -0.39 is 5.97 Å². The summed E-state index contributed by atoms with van der Waals surface area (Å²) in [7, 11) is 0. The normalized spacial score (nSPS) is 15.1. The molecule has 0 saturated carbocycles. The predicted octanol–water partition coefficient (Wildman–Crippen LogP) is -0.175. The largest absolute Gasteiger partial charge is 0.550 e. The van der Waals surface area contributed by atoms with Crippen LogP contribution in [0.1, 0.15) is 36.4 Å². The van der Waals surface area contributed by atoms with Gasteiger partial charge in [-0.2, -0.15) is 0 Å². The monoisotopic (exact) mass is 235 g/mol. The Morgan fingerprint density at radius 3 is 3.12 bits per heavy atom. The first-order valence-electron chi connectivity index (χ1n) is 5.95. The van der Waals surface area contributed by atoms with E-state index in [0.29, 0.717) is 6.42 Å². The van der Waals surface area contributed by atoms with Crippen molar-refractivity contribution in [2.75, 3.05) is 6.61 Å². The van der Waals surface area contributed by atoms with E-state index in [1.54, 1.807) is 0 Å². The first-order valence-corrected chi connectivity index (χ1v) is 5.95. The van der Waals surface area contributed by atoms with Crippen LogP contribution >= 0.6 is 0 Å². The van der Waals surface area contributed by atoms with Gasteiger partial charge in [0.05, 0.1) is 6.61 Å². The van der Waals surface area contributed by atoms with Gasteiger partial charge in [0.25, 0.3) is 0 Å². The maximum atomic E-state index is 10.3. The third kappa shape index (κ3) is 2.97. The summed E-state index contributed by atoms with van der Waals surface area (Å²) >= 11 is 0. The molecule has 1 aromatic carbocycles. The average Bonchev–Trinajstić information content (AvgIpc) is 2.75. The van der Waals surface area contributed by atoms with E-state index in [1.165, 1.54) is 5.56 Å². The minimum absolute atomic E-state index is 0.111. The fraction of sp³-hybridized carbons (Fsp3) is 0.462. The van der Waals surface area contributed by atoms with E-state index in [9.17, 15) is 9.90 Å². The highest BCUT2D eigenvalue weighted by Crippen LogP contribution is 2.28. The number of fused-ring (bicyclic) bond motifs is 1. The molecule has 4 heteroatoms. The van der Waals surface area contributed by atoms with Crippen LogP contribution in [0.15, 0.2) is 18.2 Å². The lowest BCUT2D eigenvalue weighted by atomic mass is 9.99. The van der Waals surface area contributed by atoms with E-state index >= 15 is 0 Å². The van der Waals surface area contributed by atoms with Gasteiger partial charge >= 0.3 is 0 Å². The zero-order valence-corrected chi connectivity index (χ0v) is 9.78. The second kappa shape index (κ2) is 5.19. The molecule has 0 fully saturated rings. The van der Waals surface area contributed by atoms with Crippen LogP contribution in [-0.2, 0) is 11.2 Å². The zero-order chi connectivity index (χ0) is 12.3. The number of carbonyl (C=O) groups excluding carboxylic acids is 1.